The highest BCUT2D eigenvalue weighted by Gasteiger charge is 2.16. The molecule has 21 heavy (non-hydrogen) atoms. The number of ether oxygens (including phenoxy) is 1. The Hall–Kier alpha value is -1.93. The van der Waals surface area contributed by atoms with Crippen LogP contribution in [0.4, 0.5) is 0 Å². The number of aryl methyl sites for hydroxylation is 1. The van der Waals surface area contributed by atoms with Crippen LogP contribution in [0.25, 0.3) is 0 Å². The predicted octanol–water partition coefficient (Wildman–Crippen LogP) is 0.967. The van der Waals surface area contributed by atoms with Crippen molar-refractivity contribution in [1.82, 2.24) is 14.8 Å². The largest absolute Gasteiger partial charge is 0.485 e. The maximum atomic E-state index is 11.5. The van der Waals surface area contributed by atoms with E-state index in [0.29, 0.717) is 17.1 Å². The molecule has 2 N–H and O–H groups in total. The molecule has 7 nitrogen and oxygen atoms in total. The number of benzene rings is 1. The van der Waals surface area contributed by atoms with E-state index in [1.165, 1.54) is 6.07 Å². The molecule has 0 aliphatic rings. The number of nitrogens with zero attached hydrogens (tertiary/aromatic N) is 3. The van der Waals surface area contributed by atoms with Crippen molar-refractivity contribution in [2.75, 3.05) is 0 Å². The lowest BCUT2D eigenvalue weighted by atomic mass is 10.1. The zero-order valence-corrected chi connectivity index (χ0v) is 13.2. The van der Waals surface area contributed by atoms with Gasteiger partial charge in [0.15, 0.2) is 5.82 Å². The van der Waals surface area contributed by atoms with Crippen LogP contribution in [-0.4, -0.2) is 23.2 Å². The third kappa shape index (κ3) is 3.06. The molecule has 1 aromatic carbocycles. The van der Waals surface area contributed by atoms with Crippen molar-refractivity contribution in [3.63, 3.8) is 0 Å². The molecule has 0 atom stereocenters. The normalized spacial score (nSPS) is 11.7. The van der Waals surface area contributed by atoms with Gasteiger partial charge in [-0.3, -0.25) is 0 Å². The summed E-state index contributed by atoms with van der Waals surface area (Å²) in [5, 5.41) is 13.1. The molecule has 8 heteroatoms. The fourth-order valence-electron chi connectivity index (χ4n) is 1.95. The maximum absolute atomic E-state index is 11.5. The average Bonchev–Trinajstić information content (AvgIpc) is 2.70. The van der Waals surface area contributed by atoms with E-state index in [1.807, 2.05) is 18.5 Å². The van der Waals surface area contributed by atoms with Gasteiger partial charge in [0.1, 0.15) is 18.2 Å². The van der Waals surface area contributed by atoms with Crippen molar-refractivity contribution in [3.05, 3.63) is 34.9 Å². The first-order chi connectivity index (χ1) is 9.71. The van der Waals surface area contributed by atoms with E-state index in [1.54, 1.807) is 19.9 Å². The van der Waals surface area contributed by atoms with Gasteiger partial charge in [-0.15, -0.1) is 10.2 Å². The van der Waals surface area contributed by atoms with Crippen LogP contribution >= 0.6 is 0 Å². The monoisotopic (exact) mass is 310 g/mol. The van der Waals surface area contributed by atoms with E-state index in [4.69, 9.17) is 9.88 Å². The van der Waals surface area contributed by atoms with Crippen molar-refractivity contribution in [2.45, 2.75) is 32.3 Å². The summed E-state index contributed by atoms with van der Waals surface area (Å²) >= 11 is 0. The molecular formula is C13H18N4O3S. The SMILES string of the molecule is Cc1c(OCc2nnc(C)n2C)ccc(S(N)(=O)=O)c1C. The summed E-state index contributed by atoms with van der Waals surface area (Å²) in [6.45, 7) is 5.61. The first-order valence-electron chi connectivity index (χ1n) is 6.32. The second-order valence-electron chi connectivity index (χ2n) is 4.87. The Morgan fingerprint density at radius 2 is 1.86 bits per heavy atom. The van der Waals surface area contributed by atoms with Crippen LogP contribution in [0.2, 0.25) is 0 Å². The van der Waals surface area contributed by atoms with Gasteiger partial charge in [-0.1, -0.05) is 0 Å². The van der Waals surface area contributed by atoms with Gasteiger partial charge in [-0.25, -0.2) is 13.6 Å². The van der Waals surface area contributed by atoms with Crippen molar-refractivity contribution in [1.29, 1.82) is 0 Å². The quantitative estimate of drug-likeness (QED) is 0.907. The summed E-state index contributed by atoms with van der Waals surface area (Å²) in [4.78, 5) is 0.113. The molecule has 0 amide bonds. The first-order valence-corrected chi connectivity index (χ1v) is 7.87. The van der Waals surface area contributed by atoms with Gasteiger partial charge >= 0.3 is 0 Å². The minimum absolute atomic E-state index is 0.113. The molecule has 0 fully saturated rings. The second kappa shape index (κ2) is 5.45. The lowest BCUT2D eigenvalue weighted by Crippen LogP contribution is -2.14. The molecule has 2 rings (SSSR count). The van der Waals surface area contributed by atoms with Crippen LogP contribution < -0.4 is 9.88 Å². The van der Waals surface area contributed by atoms with Crippen LogP contribution in [-0.2, 0) is 23.7 Å². The summed E-state index contributed by atoms with van der Waals surface area (Å²) in [6.07, 6.45) is 0. The van der Waals surface area contributed by atoms with Crippen molar-refractivity contribution in [3.8, 4) is 5.75 Å². The minimum Gasteiger partial charge on any atom is -0.485 e. The summed E-state index contributed by atoms with van der Waals surface area (Å²) in [5.74, 6) is 2.09. The van der Waals surface area contributed by atoms with Crippen molar-refractivity contribution >= 4 is 10.0 Å². The molecule has 0 spiro atoms. The number of hydrogen-bond donors (Lipinski definition) is 1. The lowest BCUT2D eigenvalue weighted by molar-refractivity contribution is 0.288. The third-order valence-corrected chi connectivity index (χ3v) is 4.59. The molecule has 2 aromatic rings. The van der Waals surface area contributed by atoms with E-state index in [2.05, 4.69) is 10.2 Å². The highest BCUT2D eigenvalue weighted by molar-refractivity contribution is 7.89. The number of nitrogens with two attached hydrogens (primary N) is 1. The van der Waals surface area contributed by atoms with E-state index < -0.39 is 10.0 Å². The second-order valence-corrected chi connectivity index (χ2v) is 6.40. The van der Waals surface area contributed by atoms with Crippen molar-refractivity contribution in [2.24, 2.45) is 12.2 Å². The molecule has 114 valence electrons. The number of sulfonamides is 1. The zero-order chi connectivity index (χ0) is 15.8. The van der Waals surface area contributed by atoms with Gasteiger partial charge in [0.2, 0.25) is 10.0 Å². The topological polar surface area (TPSA) is 100 Å². The van der Waals surface area contributed by atoms with E-state index in [0.717, 1.165) is 11.4 Å². The fraction of sp³-hybridized carbons (Fsp3) is 0.385. The van der Waals surface area contributed by atoms with Gasteiger partial charge in [-0.2, -0.15) is 0 Å². The van der Waals surface area contributed by atoms with Gasteiger partial charge in [-0.05, 0) is 44.0 Å². The Bertz CT molecular complexity index is 781. The van der Waals surface area contributed by atoms with Crippen LogP contribution in [0.1, 0.15) is 22.8 Å². The van der Waals surface area contributed by atoms with Crippen molar-refractivity contribution < 1.29 is 13.2 Å². The number of primary sulfonamides is 1. The van der Waals surface area contributed by atoms with Crippen LogP contribution in [0, 0.1) is 20.8 Å². The summed E-state index contributed by atoms with van der Waals surface area (Å²) < 4.78 is 30.5. The predicted molar refractivity (Wildman–Crippen MR) is 77.4 cm³/mol. The summed E-state index contributed by atoms with van der Waals surface area (Å²) in [6, 6.07) is 3.06. The van der Waals surface area contributed by atoms with E-state index in [-0.39, 0.29) is 11.5 Å². The average molecular weight is 310 g/mol. The van der Waals surface area contributed by atoms with Gasteiger partial charge < -0.3 is 9.30 Å². The smallest absolute Gasteiger partial charge is 0.238 e. The summed E-state index contributed by atoms with van der Waals surface area (Å²) in [7, 11) is -1.87. The highest BCUT2D eigenvalue weighted by atomic mass is 32.2. The molecule has 0 aliphatic carbocycles. The number of aromatic nitrogens is 3. The molecule has 0 aliphatic heterocycles. The molecule has 0 saturated carbocycles. The Kier molecular flexibility index (Phi) is 4.02. The minimum atomic E-state index is -3.73. The number of hydrogen-bond acceptors (Lipinski definition) is 5. The molecule has 1 aromatic heterocycles. The van der Waals surface area contributed by atoms with E-state index in [9.17, 15) is 8.42 Å². The number of rotatable bonds is 4. The Morgan fingerprint density at radius 3 is 2.38 bits per heavy atom. The van der Waals surface area contributed by atoms with Gasteiger partial charge in [0, 0.05) is 7.05 Å². The fourth-order valence-corrected chi connectivity index (χ4v) is 2.79. The van der Waals surface area contributed by atoms with Crippen LogP contribution in [0.5, 0.6) is 5.75 Å². The third-order valence-electron chi connectivity index (χ3n) is 3.53. The molecular weight excluding hydrogens is 292 g/mol. The zero-order valence-electron chi connectivity index (χ0n) is 12.4. The standard InChI is InChI=1S/C13H18N4O3S/c1-8-9(2)12(21(14,18)19)6-5-11(8)20-7-13-16-15-10(3)17(13)4/h5-6H,7H2,1-4H3,(H2,14,18,19). The molecule has 0 radical (unpaired) electrons. The maximum Gasteiger partial charge on any atom is 0.238 e. The molecule has 0 bridgehead atoms. The molecule has 1 heterocycles. The van der Waals surface area contributed by atoms with E-state index >= 15 is 0 Å². The molecule has 0 saturated heterocycles. The van der Waals surface area contributed by atoms with Crippen LogP contribution in [0.15, 0.2) is 17.0 Å². The Labute approximate surface area is 123 Å². The Morgan fingerprint density at radius 1 is 1.19 bits per heavy atom. The lowest BCUT2D eigenvalue weighted by Gasteiger charge is -2.13. The van der Waals surface area contributed by atoms with Crippen LogP contribution in [0.3, 0.4) is 0 Å². The van der Waals surface area contributed by atoms with Gasteiger partial charge in [0.05, 0.1) is 4.90 Å². The molecule has 0 unspecified atom stereocenters. The highest BCUT2D eigenvalue weighted by Crippen LogP contribution is 2.26. The Balaban J connectivity index is 2.26. The first kappa shape index (κ1) is 15.5. The summed E-state index contributed by atoms with van der Waals surface area (Å²) in [5.41, 5.74) is 1.32. The van der Waals surface area contributed by atoms with Gasteiger partial charge in [0.25, 0.3) is 0 Å².